The number of hydrogen-bond acceptors (Lipinski definition) is 3. The van der Waals surface area contributed by atoms with Crippen LogP contribution in [0, 0.1) is 5.92 Å². The number of amides is 1. The lowest BCUT2D eigenvalue weighted by Gasteiger charge is -2.22. The SMILES string of the molecule is O=C(NCCC1CCCNC1)c1cccnc1. The first-order valence-electron chi connectivity index (χ1n) is 6.25. The smallest absolute Gasteiger partial charge is 0.252 e. The molecule has 4 heteroatoms. The molecule has 92 valence electrons. The normalized spacial score (nSPS) is 19.9. The zero-order valence-corrected chi connectivity index (χ0v) is 9.98. The van der Waals surface area contributed by atoms with Crippen LogP contribution in [0.4, 0.5) is 0 Å². The Morgan fingerprint density at radius 1 is 1.59 bits per heavy atom. The van der Waals surface area contributed by atoms with Crippen molar-refractivity contribution in [2.45, 2.75) is 19.3 Å². The van der Waals surface area contributed by atoms with Crippen molar-refractivity contribution in [3.63, 3.8) is 0 Å². The number of piperidine rings is 1. The predicted molar refractivity (Wildman–Crippen MR) is 66.8 cm³/mol. The molecule has 1 amide bonds. The van der Waals surface area contributed by atoms with Crippen molar-refractivity contribution in [1.82, 2.24) is 15.6 Å². The molecule has 0 spiro atoms. The molecule has 0 bridgehead atoms. The first-order chi connectivity index (χ1) is 8.36. The van der Waals surface area contributed by atoms with Crippen LogP contribution in [-0.2, 0) is 0 Å². The van der Waals surface area contributed by atoms with E-state index in [1.807, 2.05) is 0 Å². The molecule has 17 heavy (non-hydrogen) atoms. The molecule has 2 heterocycles. The van der Waals surface area contributed by atoms with E-state index in [9.17, 15) is 4.79 Å². The Morgan fingerprint density at radius 3 is 3.24 bits per heavy atom. The summed E-state index contributed by atoms with van der Waals surface area (Å²) >= 11 is 0. The summed E-state index contributed by atoms with van der Waals surface area (Å²) in [6.45, 7) is 2.97. The van der Waals surface area contributed by atoms with E-state index < -0.39 is 0 Å². The van der Waals surface area contributed by atoms with Crippen LogP contribution in [0.5, 0.6) is 0 Å². The van der Waals surface area contributed by atoms with Gasteiger partial charge in [0.25, 0.3) is 5.91 Å². The van der Waals surface area contributed by atoms with Crippen LogP contribution in [0.3, 0.4) is 0 Å². The Morgan fingerprint density at radius 2 is 2.53 bits per heavy atom. The Labute approximate surface area is 102 Å². The molecule has 0 aliphatic carbocycles. The number of aromatic nitrogens is 1. The van der Waals surface area contributed by atoms with Crippen molar-refractivity contribution >= 4 is 5.91 Å². The molecule has 0 saturated carbocycles. The Balaban J connectivity index is 1.69. The van der Waals surface area contributed by atoms with Gasteiger partial charge in [-0.05, 0) is 50.4 Å². The van der Waals surface area contributed by atoms with Crippen molar-refractivity contribution < 1.29 is 4.79 Å². The second-order valence-corrected chi connectivity index (χ2v) is 4.50. The summed E-state index contributed by atoms with van der Waals surface area (Å²) < 4.78 is 0. The highest BCUT2D eigenvalue weighted by molar-refractivity contribution is 5.93. The van der Waals surface area contributed by atoms with Gasteiger partial charge in [-0.3, -0.25) is 9.78 Å². The van der Waals surface area contributed by atoms with E-state index in [1.54, 1.807) is 24.5 Å². The molecule has 1 saturated heterocycles. The molecule has 2 N–H and O–H groups in total. The Hall–Kier alpha value is -1.42. The molecular formula is C13H19N3O. The van der Waals surface area contributed by atoms with Gasteiger partial charge < -0.3 is 10.6 Å². The molecule has 0 radical (unpaired) electrons. The molecule has 4 nitrogen and oxygen atoms in total. The quantitative estimate of drug-likeness (QED) is 0.821. The zero-order chi connectivity index (χ0) is 11.9. The summed E-state index contributed by atoms with van der Waals surface area (Å²) in [6, 6.07) is 3.56. The van der Waals surface area contributed by atoms with Crippen LogP contribution in [0.25, 0.3) is 0 Å². The number of nitrogens with one attached hydrogen (secondary N) is 2. The number of hydrogen-bond donors (Lipinski definition) is 2. The molecule has 1 fully saturated rings. The summed E-state index contributed by atoms with van der Waals surface area (Å²) in [5, 5.41) is 6.32. The van der Waals surface area contributed by atoms with Crippen LogP contribution in [0.15, 0.2) is 24.5 Å². The van der Waals surface area contributed by atoms with Crippen molar-refractivity contribution in [2.75, 3.05) is 19.6 Å². The number of carbonyl (C=O) groups is 1. The van der Waals surface area contributed by atoms with Gasteiger partial charge in [0.1, 0.15) is 0 Å². The van der Waals surface area contributed by atoms with E-state index >= 15 is 0 Å². The molecule has 1 aliphatic heterocycles. The first kappa shape index (κ1) is 12.0. The Bertz CT molecular complexity index is 347. The van der Waals surface area contributed by atoms with E-state index in [0.29, 0.717) is 11.5 Å². The van der Waals surface area contributed by atoms with Gasteiger partial charge in [0, 0.05) is 18.9 Å². The van der Waals surface area contributed by atoms with E-state index in [1.165, 1.54) is 12.8 Å². The van der Waals surface area contributed by atoms with Gasteiger partial charge in [0.15, 0.2) is 0 Å². The minimum atomic E-state index is -0.0260. The highest BCUT2D eigenvalue weighted by Gasteiger charge is 2.13. The average Bonchev–Trinajstić information content (AvgIpc) is 2.41. The van der Waals surface area contributed by atoms with Crippen LogP contribution in [0.1, 0.15) is 29.6 Å². The third-order valence-electron chi connectivity index (χ3n) is 3.16. The summed E-state index contributed by atoms with van der Waals surface area (Å²) in [5.74, 6) is 0.680. The maximum Gasteiger partial charge on any atom is 0.252 e. The van der Waals surface area contributed by atoms with Gasteiger partial charge in [0.2, 0.25) is 0 Å². The number of nitrogens with zero attached hydrogens (tertiary/aromatic N) is 1. The van der Waals surface area contributed by atoms with E-state index in [0.717, 1.165) is 26.1 Å². The van der Waals surface area contributed by atoms with Crippen molar-refractivity contribution in [3.05, 3.63) is 30.1 Å². The molecule has 2 rings (SSSR count). The van der Waals surface area contributed by atoms with Crippen LogP contribution in [0.2, 0.25) is 0 Å². The number of rotatable bonds is 4. The van der Waals surface area contributed by atoms with Crippen LogP contribution < -0.4 is 10.6 Å². The first-order valence-corrected chi connectivity index (χ1v) is 6.25. The molecular weight excluding hydrogens is 214 g/mol. The summed E-state index contributed by atoms with van der Waals surface area (Å²) in [7, 11) is 0. The topological polar surface area (TPSA) is 54.0 Å². The second kappa shape index (κ2) is 6.35. The van der Waals surface area contributed by atoms with E-state index in [-0.39, 0.29) is 5.91 Å². The third-order valence-corrected chi connectivity index (χ3v) is 3.16. The van der Waals surface area contributed by atoms with Gasteiger partial charge in [-0.15, -0.1) is 0 Å². The van der Waals surface area contributed by atoms with Gasteiger partial charge in [-0.25, -0.2) is 0 Å². The minimum Gasteiger partial charge on any atom is -0.352 e. The van der Waals surface area contributed by atoms with Crippen molar-refractivity contribution in [2.24, 2.45) is 5.92 Å². The van der Waals surface area contributed by atoms with Gasteiger partial charge in [-0.2, -0.15) is 0 Å². The zero-order valence-electron chi connectivity index (χ0n) is 9.98. The largest absolute Gasteiger partial charge is 0.352 e. The maximum absolute atomic E-state index is 11.7. The number of pyridine rings is 1. The van der Waals surface area contributed by atoms with Gasteiger partial charge >= 0.3 is 0 Å². The van der Waals surface area contributed by atoms with Crippen molar-refractivity contribution in [3.8, 4) is 0 Å². The summed E-state index contributed by atoms with van der Waals surface area (Å²) in [4.78, 5) is 15.7. The fraction of sp³-hybridized carbons (Fsp3) is 0.538. The van der Waals surface area contributed by atoms with E-state index in [2.05, 4.69) is 15.6 Å². The molecule has 1 atom stereocenters. The monoisotopic (exact) mass is 233 g/mol. The van der Waals surface area contributed by atoms with Crippen LogP contribution in [-0.4, -0.2) is 30.5 Å². The highest BCUT2D eigenvalue weighted by atomic mass is 16.1. The number of carbonyl (C=O) groups excluding carboxylic acids is 1. The predicted octanol–water partition coefficient (Wildman–Crippen LogP) is 1.20. The molecule has 1 unspecified atom stereocenters. The fourth-order valence-corrected chi connectivity index (χ4v) is 2.16. The molecule has 1 aromatic heterocycles. The molecule has 0 aromatic carbocycles. The van der Waals surface area contributed by atoms with Crippen LogP contribution >= 0.6 is 0 Å². The average molecular weight is 233 g/mol. The molecule has 1 aromatic rings. The highest BCUT2D eigenvalue weighted by Crippen LogP contribution is 2.12. The maximum atomic E-state index is 11.7. The third kappa shape index (κ3) is 3.82. The molecule has 1 aliphatic rings. The van der Waals surface area contributed by atoms with Gasteiger partial charge in [0.05, 0.1) is 5.56 Å². The summed E-state index contributed by atoms with van der Waals surface area (Å²) in [5.41, 5.74) is 0.634. The van der Waals surface area contributed by atoms with Gasteiger partial charge in [-0.1, -0.05) is 0 Å². The standard InChI is InChI=1S/C13H19N3O/c17-13(12-4-2-7-15-10-12)16-8-5-11-3-1-6-14-9-11/h2,4,7,10-11,14H,1,3,5-6,8-9H2,(H,16,17). The van der Waals surface area contributed by atoms with E-state index in [4.69, 9.17) is 0 Å². The lowest BCUT2D eigenvalue weighted by molar-refractivity contribution is 0.0950. The minimum absolute atomic E-state index is 0.0260. The Kier molecular flexibility index (Phi) is 4.50. The lowest BCUT2D eigenvalue weighted by atomic mass is 9.96. The fourth-order valence-electron chi connectivity index (χ4n) is 2.16. The second-order valence-electron chi connectivity index (χ2n) is 4.50. The summed E-state index contributed by atoms with van der Waals surface area (Å²) in [6.07, 6.45) is 6.85. The lowest BCUT2D eigenvalue weighted by Crippen LogP contribution is -2.33. The van der Waals surface area contributed by atoms with Crippen molar-refractivity contribution in [1.29, 1.82) is 0 Å².